The second-order valence-electron chi connectivity index (χ2n) is 7.67. The summed E-state index contributed by atoms with van der Waals surface area (Å²) in [6.07, 6.45) is 10.8. The van der Waals surface area contributed by atoms with E-state index in [9.17, 15) is 4.79 Å². The highest BCUT2D eigenvalue weighted by Gasteiger charge is 2.39. The first-order chi connectivity index (χ1) is 10.1. The number of nitrogens with two attached hydrogens (primary N) is 1. The number of nitrogens with one attached hydrogen (secondary N) is 1. The van der Waals surface area contributed by atoms with Gasteiger partial charge in [0.05, 0.1) is 5.41 Å². The van der Waals surface area contributed by atoms with Crippen LogP contribution in [0, 0.1) is 23.2 Å². The van der Waals surface area contributed by atoms with Crippen molar-refractivity contribution in [3.63, 3.8) is 0 Å². The first-order valence-corrected chi connectivity index (χ1v) is 9.08. The van der Waals surface area contributed by atoms with Gasteiger partial charge in [-0.1, -0.05) is 33.1 Å². The molecule has 0 radical (unpaired) electrons. The summed E-state index contributed by atoms with van der Waals surface area (Å²) in [7, 11) is 0. The lowest BCUT2D eigenvalue weighted by Crippen LogP contribution is -2.49. The monoisotopic (exact) mass is 294 g/mol. The molecule has 21 heavy (non-hydrogen) atoms. The summed E-state index contributed by atoms with van der Waals surface area (Å²) in [5.41, 5.74) is 5.70. The van der Waals surface area contributed by atoms with Gasteiger partial charge in [-0.3, -0.25) is 4.79 Å². The van der Waals surface area contributed by atoms with Crippen molar-refractivity contribution in [2.45, 2.75) is 71.6 Å². The molecule has 122 valence electrons. The van der Waals surface area contributed by atoms with Crippen molar-refractivity contribution in [2.24, 2.45) is 28.9 Å². The molecule has 1 amide bonds. The van der Waals surface area contributed by atoms with E-state index in [2.05, 4.69) is 19.2 Å². The van der Waals surface area contributed by atoms with Crippen molar-refractivity contribution >= 4 is 5.91 Å². The largest absolute Gasteiger partial charge is 0.355 e. The van der Waals surface area contributed by atoms with Crippen molar-refractivity contribution in [1.29, 1.82) is 0 Å². The predicted octanol–water partition coefficient (Wildman–Crippen LogP) is 3.47. The number of hydrogen-bond donors (Lipinski definition) is 2. The molecule has 2 rings (SSSR count). The zero-order valence-corrected chi connectivity index (χ0v) is 14.0. The van der Waals surface area contributed by atoms with Crippen LogP contribution in [0.1, 0.15) is 71.6 Å². The van der Waals surface area contributed by atoms with E-state index in [4.69, 9.17) is 5.73 Å². The Balaban J connectivity index is 1.78. The van der Waals surface area contributed by atoms with Crippen LogP contribution in [0.25, 0.3) is 0 Å². The van der Waals surface area contributed by atoms with E-state index in [0.29, 0.717) is 12.5 Å². The van der Waals surface area contributed by atoms with Crippen molar-refractivity contribution in [3.8, 4) is 0 Å². The molecular formula is C18H34N2O. The Hall–Kier alpha value is -0.570. The van der Waals surface area contributed by atoms with Crippen LogP contribution in [0.4, 0.5) is 0 Å². The minimum Gasteiger partial charge on any atom is -0.355 e. The topological polar surface area (TPSA) is 55.1 Å². The third kappa shape index (κ3) is 4.21. The smallest absolute Gasteiger partial charge is 0.227 e. The lowest BCUT2D eigenvalue weighted by molar-refractivity contribution is -0.133. The van der Waals surface area contributed by atoms with Crippen LogP contribution in [0.2, 0.25) is 0 Å². The van der Waals surface area contributed by atoms with Gasteiger partial charge in [-0.25, -0.2) is 0 Å². The first-order valence-electron chi connectivity index (χ1n) is 9.08. The predicted molar refractivity (Wildman–Crippen MR) is 87.9 cm³/mol. The van der Waals surface area contributed by atoms with Gasteiger partial charge in [0.1, 0.15) is 0 Å². The molecule has 0 unspecified atom stereocenters. The quantitative estimate of drug-likeness (QED) is 0.815. The summed E-state index contributed by atoms with van der Waals surface area (Å²) >= 11 is 0. The molecule has 0 atom stereocenters. The number of hydrogen-bond acceptors (Lipinski definition) is 2. The normalized spacial score (nSPS) is 37.2. The fraction of sp³-hybridized carbons (Fsp3) is 0.944. The molecule has 0 aromatic rings. The van der Waals surface area contributed by atoms with Crippen LogP contribution in [0.15, 0.2) is 0 Å². The molecule has 2 aliphatic rings. The lowest BCUT2D eigenvalue weighted by atomic mass is 9.70. The van der Waals surface area contributed by atoms with Gasteiger partial charge in [0.15, 0.2) is 0 Å². The van der Waals surface area contributed by atoms with Gasteiger partial charge >= 0.3 is 0 Å². The van der Waals surface area contributed by atoms with Crippen molar-refractivity contribution in [1.82, 2.24) is 5.32 Å². The fourth-order valence-corrected chi connectivity index (χ4v) is 4.11. The van der Waals surface area contributed by atoms with Crippen LogP contribution >= 0.6 is 0 Å². The second-order valence-corrected chi connectivity index (χ2v) is 7.67. The van der Waals surface area contributed by atoms with Crippen molar-refractivity contribution < 1.29 is 4.79 Å². The van der Waals surface area contributed by atoms with E-state index in [1.807, 2.05) is 0 Å². The number of carbonyl (C=O) groups excluding carboxylic acids is 1. The van der Waals surface area contributed by atoms with Gasteiger partial charge in [0.25, 0.3) is 0 Å². The molecule has 0 bridgehead atoms. The van der Waals surface area contributed by atoms with Crippen molar-refractivity contribution in [3.05, 3.63) is 0 Å². The third-order valence-corrected chi connectivity index (χ3v) is 6.20. The molecular weight excluding hydrogens is 260 g/mol. The minimum absolute atomic E-state index is 0.231. The van der Waals surface area contributed by atoms with Crippen LogP contribution in [0.3, 0.4) is 0 Å². The number of carbonyl (C=O) groups is 1. The summed E-state index contributed by atoms with van der Waals surface area (Å²) in [5.74, 6) is 2.59. The van der Waals surface area contributed by atoms with Crippen molar-refractivity contribution in [2.75, 3.05) is 13.1 Å². The first kappa shape index (κ1) is 16.8. The third-order valence-electron chi connectivity index (χ3n) is 6.20. The number of amides is 1. The molecule has 0 saturated heterocycles. The maximum atomic E-state index is 12.6. The molecule has 3 heteroatoms. The summed E-state index contributed by atoms with van der Waals surface area (Å²) in [6, 6.07) is 0. The average Bonchev–Trinajstić information content (AvgIpc) is 2.54. The summed E-state index contributed by atoms with van der Waals surface area (Å²) in [6.45, 7) is 5.95. The maximum absolute atomic E-state index is 12.6. The Morgan fingerprint density at radius 3 is 2.19 bits per heavy atom. The molecule has 0 aliphatic heterocycles. The number of rotatable bonds is 5. The Morgan fingerprint density at radius 2 is 1.67 bits per heavy atom. The van der Waals surface area contributed by atoms with Gasteiger partial charge in [0.2, 0.25) is 5.91 Å². The summed E-state index contributed by atoms with van der Waals surface area (Å²) in [4.78, 5) is 12.6. The molecule has 0 heterocycles. The summed E-state index contributed by atoms with van der Waals surface area (Å²) in [5, 5.41) is 3.24. The Labute approximate surface area is 130 Å². The van der Waals surface area contributed by atoms with E-state index >= 15 is 0 Å². The zero-order valence-electron chi connectivity index (χ0n) is 14.0. The highest BCUT2D eigenvalue weighted by Crippen LogP contribution is 2.38. The van der Waals surface area contributed by atoms with Crippen LogP contribution < -0.4 is 11.1 Å². The van der Waals surface area contributed by atoms with Gasteiger partial charge < -0.3 is 11.1 Å². The van der Waals surface area contributed by atoms with Gasteiger partial charge in [-0.2, -0.15) is 0 Å². The minimum atomic E-state index is -0.271. The van der Waals surface area contributed by atoms with E-state index < -0.39 is 0 Å². The molecule has 2 aliphatic carbocycles. The highest BCUT2D eigenvalue weighted by molar-refractivity contribution is 5.83. The molecule has 2 saturated carbocycles. The van der Waals surface area contributed by atoms with E-state index in [1.54, 1.807) is 0 Å². The Kier molecular flexibility index (Phi) is 6.09. The van der Waals surface area contributed by atoms with Crippen LogP contribution in [-0.2, 0) is 4.79 Å². The van der Waals surface area contributed by atoms with Gasteiger partial charge in [-0.05, 0) is 56.3 Å². The van der Waals surface area contributed by atoms with Gasteiger partial charge in [0, 0.05) is 13.1 Å². The lowest BCUT2D eigenvalue weighted by Gasteiger charge is -2.37. The van der Waals surface area contributed by atoms with E-state index in [-0.39, 0.29) is 11.3 Å². The van der Waals surface area contributed by atoms with Gasteiger partial charge in [-0.15, -0.1) is 0 Å². The van der Waals surface area contributed by atoms with E-state index in [1.165, 1.54) is 32.1 Å². The van der Waals surface area contributed by atoms with E-state index in [0.717, 1.165) is 44.1 Å². The highest BCUT2D eigenvalue weighted by atomic mass is 16.2. The second kappa shape index (κ2) is 7.62. The Morgan fingerprint density at radius 1 is 1.10 bits per heavy atom. The SMILES string of the molecule is CCC1CCC(CNC(=O)C2(CN)CCC(C)CC2)CC1. The average molecular weight is 294 g/mol. The molecule has 3 nitrogen and oxygen atoms in total. The standard InChI is InChI=1S/C18H34N2O/c1-3-15-4-6-16(7-5-15)12-20-17(21)18(13-19)10-8-14(2)9-11-18/h14-16H,3-13,19H2,1-2H3,(H,20,21). The van der Waals surface area contributed by atoms with Crippen LogP contribution in [0.5, 0.6) is 0 Å². The molecule has 0 aromatic carbocycles. The molecule has 2 fully saturated rings. The zero-order chi connectivity index (χ0) is 15.3. The summed E-state index contributed by atoms with van der Waals surface area (Å²) < 4.78 is 0. The van der Waals surface area contributed by atoms with Crippen LogP contribution in [-0.4, -0.2) is 19.0 Å². The molecule has 3 N–H and O–H groups in total. The Bertz CT molecular complexity index is 326. The molecule has 0 spiro atoms. The molecule has 0 aromatic heterocycles. The fourth-order valence-electron chi connectivity index (χ4n) is 4.11. The maximum Gasteiger partial charge on any atom is 0.227 e.